The summed E-state index contributed by atoms with van der Waals surface area (Å²) >= 11 is 1.63. The van der Waals surface area contributed by atoms with E-state index in [1.807, 2.05) is 19.1 Å². The van der Waals surface area contributed by atoms with Gasteiger partial charge in [0.15, 0.2) is 0 Å². The summed E-state index contributed by atoms with van der Waals surface area (Å²) in [5, 5.41) is 12.3. The molecule has 1 aromatic carbocycles. The predicted octanol–water partition coefficient (Wildman–Crippen LogP) is 4.04. The van der Waals surface area contributed by atoms with Crippen LogP contribution in [0.5, 0.6) is 0 Å². The van der Waals surface area contributed by atoms with Gasteiger partial charge in [-0.1, -0.05) is 32.9 Å². The molecule has 0 aliphatic rings. The Balaban J connectivity index is 2.24. The summed E-state index contributed by atoms with van der Waals surface area (Å²) in [7, 11) is 0. The molecule has 2 rings (SSSR count). The topological polar surface area (TPSA) is 50.2 Å². The Morgan fingerprint density at radius 3 is 2.60 bits per heavy atom. The molecule has 0 amide bonds. The Morgan fingerprint density at radius 2 is 2.05 bits per heavy atom. The highest BCUT2D eigenvalue weighted by molar-refractivity contribution is 7.09. The second-order valence-corrected chi connectivity index (χ2v) is 6.95. The molecule has 0 atom stereocenters. The molecular formula is C16H19NO2S. The molecule has 0 radical (unpaired) electrons. The smallest absolute Gasteiger partial charge is 0.335 e. The highest BCUT2D eigenvalue weighted by atomic mass is 32.1. The molecule has 0 bridgehead atoms. The first-order chi connectivity index (χ1) is 9.27. The zero-order valence-corrected chi connectivity index (χ0v) is 13.0. The molecular weight excluding hydrogens is 270 g/mol. The van der Waals surface area contributed by atoms with E-state index in [2.05, 4.69) is 31.1 Å². The van der Waals surface area contributed by atoms with Crippen LogP contribution in [0, 0.1) is 6.92 Å². The van der Waals surface area contributed by atoms with Gasteiger partial charge in [0.05, 0.1) is 16.3 Å². The van der Waals surface area contributed by atoms with Crippen LogP contribution < -0.4 is 0 Å². The number of aryl methyl sites for hydroxylation is 1. The van der Waals surface area contributed by atoms with E-state index >= 15 is 0 Å². The lowest BCUT2D eigenvalue weighted by molar-refractivity contribution is 0.0696. The van der Waals surface area contributed by atoms with Crippen molar-refractivity contribution in [2.24, 2.45) is 0 Å². The molecule has 0 saturated heterocycles. The van der Waals surface area contributed by atoms with Crippen molar-refractivity contribution in [2.45, 2.75) is 39.5 Å². The van der Waals surface area contributed by atoms with Crippen molar-refractivity contribution in [1.29, 1.82) is 0 Å². The van der Waals surface area contributed by atoms with Crippen molar-refractivity contribution in [1.82, 2.24) is 4.98 Å². The summed E-state index contributed by atoms with van der Waals surface area (Å²) in [5.74, 6) is -0.876. The number of aromatic carboxylic acids is 1. The molecule has 0 spiro atoms. The fourth-order valence-corrected chi connectivity index (χ4v) is 2.98. The molecule has 2 aromatic rings. The number of benzene rings is 1. The minimum atomic E-state index is -0.876. The molecule has 0 fully saturated rings. The third-order valence-electron chi connectivity index (χ3n) is 3.21. The molecule has 0 aliphatic carbocycles. The van der Waals surface area contributed by atoms with Crippen LogP contribution in [0.2, 0.25) is 0 Å². The van der Waals surface area contributed by atoms with Gasteiger partial charge in [-0.25, -0.2) is 9.78 Å². The monoisotopic (exact) mass is 289 g/mol. The van der Waals surface area contributed by atoms with Crippen LogP contribution in [0.25, 0.3) is 0 Å². The van der Waals surface area contributed by atoms with Crippen molar-refractivity contribution < 1.29 is 9.90 Å². The summed E-state index contributed by atoms with van der Waals surface area (Å²) in [6, 6.07) is 5.58. The number of nitrogens with zero attached hydrogens (tertiary/aromatic N) is 1. The van der Waals surface area contributed by atoms with Crippen LogP contribution in [-0.2, 0) is 11.8 Å². The number of rotatable bonds is 3. The standard InChI is InChI=1S/C16H19NO2S/c1-10-5-6-11(7-12(10)15(18)19)8-14-17-13(9-20-14)16(2,3)4/h5-7,9H,8H2,1-4H3,(H,18,19). The van der Waals surface area contributed by atoms with E-state index in [0.717, 1.165) is 21.8 Å². The van der Waals surface area contributed by atoms with Crippen molar-refractivity contribution in [3.8, 4) is 0 Å². The quantitative estimate of drug-likeness (QED) is 0.927. The summed E-state index contributed by atoms with van der Waals surface area (Å²) in [6.07, 6.45) is 0.682. The van der Waals surface area contributed by atoms with E-state index in [0.29, 0.717) is 12.0 Å². The molecule has 3 nitrogen and oxygen atoms in total. The second-order valence-electron chi connectivity index (χ2n) is 6.01. The molecule has 0 saturated carbocycles. The molecule has 1 N–H and O–H groups in total. The number of thiazole rings is 1. The van der Waals surface area contributed by atoms with Gasteiger partial charge < -0.3 is 5.11 Å². The average molecular weight is 289 g/mol. The van der Waals surface area contributed by atoms with Crippen LogP contribution in [0.15, 0.2) is 23.6 Å². The molecule has 20 heavy (non-hydrogen) atoms. The first-order valence-electron chi connectivity index (χ1n) is 6.55. The van der Waals surface area contributed by atoms with Gasteiger partial charge in [0.2, 0.25) is 0 Å². The summed E-state index contributed by atoms with van der Waals surface area (Å²) < 4.78 is 0. The molecule has 0 unspecified atom stereocenters. The van der Waals surface area contributed by atoms with Crippen molar-refractivity contribution in [3.05, 3.63) is 51.0 Å². The minimum Gasteiger partial charge on any atom is -0.478 e. The van der Waals surface area contributed by atoms with Gasteiger partial charge in [-0.2, -0.15) is 0 Å². The molecule has 1 heterocycles. The van der Waals surface area contributed by atoms with E-state index in [-0.39, 0.29) is 5.41 Å². The number of carboxylic acid groups (broad SMARTS) is 1. The maximum atomic E-state index is 11.1. The maximum Gasteiger partial charge on any atom is 0.335 e. The predicted molar refractivity (Wildman–Crippen MR) is 81.8 cm³/mol. The zero-order valence-electron chi connectivity index (χ0n) is 12.2. The van der Waals surface area contributed by atoms with Crippen LogP contribution in [0.1, 0.15) is 53.0 Å². The average Bonchev–Trinajstić information content (AvgIpc) is 2.79. The second kappa shape index (κ2) is 5.37. The largest absolute Gasteiger partial charge is 0.478 e. The maximum absolute atomic E-state index is 11.1. The third kappa shape index (κ3) is 3.25. The van der Waals surface area contributed by atoms with E-state index in [9.17, 15) is 4.79 Å². The summed E-state index contributed by atoms with van der Waals surface area (Å²) in [4.78, 5) is 15.8. The van der Waals surface area contributed by atoms with Gasteiger partial charge in [-0.15, -0.1) is 11.3 Å². The number of hydrogen-bond acceptors (Lipinski definition) is 3. The highest BCUT2D eigenvalue weighted by Gasteiger charge is 2.17. The van der Waals surface area contributed by atoms with E-state index in [1.54, 1.807) is 17.4 Å². The van der Waals surface area contributed by atoms with Crippen LogP contribution in [0.3, 0.4) is 0 Å². The van der Waals surface area contributed by atoms with Gasteiger partial charge in [0.1, 0.15) is 0 Å². The molecule has 0 aliphatic heterocycles. The first kappa shape index (κ1) is 14.7. The first-order valence-corrected chi connectivity index (χ1v) is 7.43. The fourth-order valence-electron chi connectivity index (χ4n) is 1.92. The van der Waals surface area contributed by atoms with Gasteiger partial charge in [-0.3, -0.25) is 0 Å². The van der Waals surface area contributed by atoms with Crippen LogP contribution in [0.4, 0.5) is 0 Å². The van der Waals surface area contributed by atoms with Gasteiger partial charge in [-0.05, 0) is 24.1 Å². The van der Waals surface area contributed by atoms with E-state index in [4.69, 9.17) is 5.11 Å². The van der Waals surface area contributed by atoms with Gasteiger partial charge >= 0.3 is 5.97 Å². The van der Waals surface area contributed by atoms with Crippen molar-refractivity contribution >= 4 is 17.3 Å². The lowest BCUT2D eigenvalue weighted by Crippen LogP contribution is -2.11. The Labute approximate surface area is 123 Å². The highest BCUT2D eigenvalue weighted by Crippen LogP contribution is 2.25. The zero-order chi connectivity index (χ0) is 14.9. The van der Waals surface area contributed by atoms with Crippen molar-refractivity contribution in [2.75, 3.05) is 0 Å². The Kier molecular flexibility index (Phi) is 3.95. The third-order valence-corrected chi connectivity index (χ3v) is 4.06. The van der Waals surface area contributed by atoms with E-state index < -0.39 is 5.97 Å². The lowest BCUT2D eigenvalue weighted by Gasteiger charge is -2.14. The molecule has 1 aromatic heterocycles. The Hall–Kier alpha value is -1.68. The molecule has 106 valence electrons. The van der Waals surface area contributed by atoms with Crippen LogP contribution in [-0.4, -0.2) is 16.1 Å². The SMILES string of the molecule is Cc1ccc(Cc2nc(C(C)(C)C)cs2)cc1C(=O)O. The number of aromatic nitrogens is 1. The fraction of sp³-hybridized carbons (Fsp3) is 0.375. The lowest BCUT2D eigenvalue weighted by atomic mass is 9.93. The van der Waals surface area contributed by atoms with Crippen molar-refractivity contribution in [3.63, 3.8) is 0 Å². The minimum absolute atomic E-state index is 0.0499. The van der Waals surface area contributed by atoms with Crippen LogP contribution >= 0.6 is 11.3 Å². The Morgan fingerprint density at radius 1 is 1.35 bits per heavy atom. The summed E-state index contributed by atoms with van der Waals surface area (Å²) in [6.45, 7) is 8.23. The number of hydrogen-bond donors (Lipinski definition) is 1. The number of carbonyl (C=O) groups is 1. The van der Waals surface area contributed by atoms with Gasteiger partial charge in [0, 0.05) is 17.2 Å². The molecule has 4 heteroatoms. The Bertz CT molecular complexity index is 638. The van der Waals surface area contributed by atoms with Gasteiger partial charge in [0.25, 0.3) is 0 Å². The summed E-state index contributed by atoms with van der Waals surface area (Å²) in [5.41, 5.74) is 3.28. The number of carboxylic acids is 1. The van der Waals surface area contributed by atoms with E-state index in [1.165, 1.54) is 0 Å². The normalized spacial score (nSPS) is 11.6.